The fourth-order valence-electron chi connectivity index (χ4n) is 11.0. The number of carbonyl (C=O) groups is 4. The smallest absolute Gasteiger partial charge is 0.407 e. The summed E-state index contributed by atoms with van der Waals surface area (Å²) < 4.78 is 9.76. The van der Waals surface area contributed by atoms with E-state index in [0.29, 0.717) is 41.9 Å². The van der Waals surface area contributed by atoms with E-state index in [1.807, 2.05) is 82.9 Å². The van der Waals surface area contributed by atoms with Crippen molar-refractivity contribution in [3.8, 4) is 33.6 Å². The molecule has 4 atom stereocenters. The van der Waals surface area contributed by atoms with Crippen LogP contribution in [0.4, 0.5) is 9.59 Å². The van der Waals surface area contributed by atoms with E-state index in [9.17, 15) is 19.2 Å². The molecule has 2 aliphatic heterocycles. The number of rotatable bonds is 11. The van der Waals surface area contributed by atoms with Crippen LogP contribution < -0.4 is 10.6 Å². The molecule has 5 aliphatic rings. The molecule has 0 spiro atoms. The molecule has 11 rings (SSSR count). The van der Waals surface area contributed by atoms with Gasteiger partial charge in [0.2, 0.25) is 0 Å². The third-order valence-corrected chi connectivity index (χ3v) is 14.2. The predicted molar refractivity (Wildman–Crippen MR) is 248 cm³/mol. The lowest BCUT2D eigenvalue weighted by Gasteiger charge is -2.41. The number of ether oxygens (including phenoxy) is 2. The Hall–Kier alpha value is -7.22. The van der Waals surface area contributed by atoms with Crippen LogP contribution in [0.15, 0.2) is 109 Å². The Morgan fingerprint density at radius 1 is 0.561 bits per heavy atom. The molecular weight excluding hydrogens is 833 g/mol. The zero-order chi connectivity index (χ0) is 45.3. The van der Waals surface area contributed by atoms with Crippen molar-refractivity contribution in [3.05, 3.63) is 143 Å². The monoisotopic (exact) mass is 886 g/mol. The van der Waals surface area contributed by atoms with Gasteiger partial charge >= 0.3 is 12.2 Å². The molecule has 0 radical (unpaired) electrons. The van der Waals surface area contributed by atoms with E-state index in [-0.39, 0.29) is 23.9 Å². The summed E-state index contributed by atoms with van der Waals surface area (Å²) >= 11 is 0. The zero-order valence-electron chi connectivity index (χ0n) is 37.2. The first-order valence-electron chi connectivity index (χ1n) is 23.1. The number of aromatic amines is 2. The molecule has 6 aromatic rings. The molecule has 14 nitrogen and oxygen atoms in total. The summed E-state index contributed by atoms with van der Waals surface area (Å²) in [7, 11) is 2.59. The Kier molecular flexibility index (Phi) is 11.9. The summed E-state index contributed by atoms with van der Waals surface area (Å²) in [5.41, 5.74) is 10.6. The number of H-pyrrole nitrogens is 2. The quantitative estimate of drug-likeness (QED) is 0.0996. The van der Waals surface area contributed by atoms with Gasteiger partial charge in [0.1, 0.15) is 23.7 Å². The number of imidazole rings is 2. The summed E-state index contributed by atoms with van der Waals surface area (Å²) in [5.74, 6) is 1.99. The molecule has 2 aromatic heterocycles. The zero-order valence-corrected chi connectivity index (χ0v) is 37.2. The molecule has 3 fully saturated rings. The maximum absolute atomic E-state index is 14.2. The molecule has 3 aliphatic carbocycles. The number of likely N-dealkylation sites (tertiary alicyclic amines) is 2. The highest BCUT2D eigenvalue weighted by Gasteiger charge is 2.40. The maximum Gasteiger partial charge on any atom is 0.407 e. The summed E-state index contributed by atoms with van der Waals surface area (Å²) in [6.45, 7) is 1.12. The van der Waals surface area contributed by atoms with Gasteiger partial charge < -0.3 is 39.9 Å². The van der Waals surface area contributed by atoms with Crippen molar-refractivity contribution in [3.63, 3.8) is 0 Å². The number of carbonyl (C=O) groups excluding carboxylic acids is 4. The maximum atomic E-state index is 14.2. The second kappa shape index (κ2) is 18.3. The van der Waals surface area contributed by atoms with Crippen molar-refractivity contribution in [2.24, 2.45) is 0 Å². The Morgan fingerprint density at radius 2 is 1.00 bits per heavy atom. The molecule has 66 heavy (non-hydrogen) atoms. The van der Waals surface area contributed by atoms with Gasteiger partial charge in [0.15, 0.2) is 0 Å². The van der Waals surface area contributed by atoms with Crippen molar-refractivity contribution < 1.29 is 28.7 Å². The molecule has 2 bridgehead atoms. The number of benzene rings is 4. The second-order valence-electron chi connectivity index (χ2n) is 17.8. The molecule has 14 heteroatoms. The summed E-state index contributed by atoms with van der Waals surface area (Å²) in [6, 6.07) is 29.4. The van der Waals surface area contributed by atoms with Gasteiger partial charge in [0.25, 0.3) is 11.8 Å². The van der Waals surface area contributed by atoms with Gasteiger partial charge in [-0.05, 0) is 102 Å². The van der Waals surface area contributed by atoms with Gasteiger partial charge in [-0.3, -0.25) is 9.59 Å². The average Bonchev–Trinajstić information content (AvgIpc) is 4.23. The molecular formula is C52H54N8O6. The van der Waals surface area contributed by atoms with E-state index in [2.05, 4.69) is 57.0 Å². The number of nitrogens with zero attached hydrogens (tertiary/aromatic N) is 4. The minimum absolute atomic E-state index is 0.193. The molecule has 4 amide bonds. The third-order valence-electron chi connectivity index (χ3n) is 14.2. The van der Waals surface area contributed by atoms with Crippen molar-refractivity contribution >= 4 is 24.0 Å². The molecule has 4 heterocycles. The fourth-order valence-corrected chi connectivity index (χ4v) is 11.0. The topological polar surface area (TPSA) is 175 Å². The Labute approximate surface area is 383 Å². The summed E-state index contributed by atoms with van der Waals surface area (Å²) in [5, 5.41) is 5.50. The molecule has 0 unspecified atom stereocenters. The molecule has 1 saturated carbocycles. The van der Waals surface area contributed by atoms with E-state index in [1.165, 1.54) is 49.3 Å². The number of hydrogen-bond acceptors (Lipinski definition) is 8. The summed E-state index contributed by atoms with van der Waals surface area (Å²) in [4.78, 5) is 73.5. The van der Waals surface area contributed by atoms with E-state index in [4.69, 9.17) is 19.4 Å². The number of aromatic nitrogens is 4. The Balaban J connectivity index is 0.889. The van der Waals surface area contributed by atoms with Crippen LogP contribution in [0.3, 0.4) is 0 Å². The highest BCUT2D eigenvalue weighted by molar-refractivity contribution is 5.88. The van der Waals surface area contributed by atoms with Crippen LogP contribution in [-0.4, -0.2) is 81.0 Å². The van der Waals surface area contributed by atoms with Crippen LogP contribution in [0.2, 0.25) is 0 Å². The molecule has 4 N–H and O–H groups in total. The number of fused-ring (bicyclic) bond motifs is 2. The van der Waals surface area contributed by atoms with Crippen LogP contribution in [0.5, 0.6) is 0 Å². The van der Waals surface area contributed by atoms with Gasteiger partial charge in [0.05, 0.1) is 50.1 Å². The SMILES string of the molecule is COC(=O)N[C@H](C(=O)N1CCC[C@H]1c1ncc(-c2ccc(-c3ccc(-c4cnc([C@@H]5CCCN5C(=O)[C@@H](NC(=O)OC)c5ccccc5)[nH]4)c4c3C3CCC4CC3)cc2)[nH]1)c1ccccc1. The average molecular weight is 887 g/mol. The van der Waals surface area contributed by atoms with Crippen molar-refractivity contribution in [1.82, 2.24) is 40.4 Å². The highest BCUT2D eigenvalue weighted by Crippen LogP contribution is 2.55. The van der Waals surface area contributed by atoms with Crippen LogP contribution >= 0.6 is 0 Å². The van der Waals surface area contributed by atoms with E-state index in [0.717, 1.165) is 66.9 Å². The first kappa shape index (κ1) is 42.7. The van der Waals surface area contributed by atoms with Crippen molar-refractivity contribution in [2.45, 2.75) is 87.4 Å². The minimum Gasteiger partial charge on any atom is -0.453 e. The van der Waals surface area contributed by atoms with Crippen LogP contribution in [0.1, 0.15) is 121 Å². The van der Waals surface area contributed by atoms with E-state index >= 15 is 0 Å². The van der Waals surface area contributed by atoms with Crippen LogP contribution in [-0.2, 0) is 19.1 Å². The summed E-state index contributed by atoms with van der Waals surface area (Å²) in [6.07, 6.45) is 10.3. The van der Waals surface area contributed by atoms with Gasteiger partial charge in [0, 0.05) is 18.7 Å². The lowest BCUT2D eigenvalue weighted by Crippen LogP contribution is -2.42. The van der Waals surface area contributed by atoms with Crippen molar-refractivity contribution in [1.29, 1.82) is 0 Å². The number of nitrogens with one attached hydrogen (secondary N) is 4. The second-order valence-corrected chi connectivity index (χ2v) is 17.8. The third kappa shape index (κ3) is 8.09. The van der Waals surface area contributed by atoms with E-state index < -0.39 is 24.3 Å². The van der Waals surface area contributed by atoms with Crippen molar-refractivity contribution in [2.75, 3.05) is 27.3 Å². The number of hydrogen-bond donors (Lipinski definition) is 4. The van der Waals surface area contributed by atoms with Crippen LogP contribution in [0, 0.1) is 0 Å². The predicted octanol–water partition coefficient (Wildman–Crippen LogP) is 9.41. The Morgan fingerprint density at radius 3 is 1.50 bits per heavy atom. The largest absolute Gasteiger partial charge is 0.453 e. The fraction of sp³-hybridized carbons (Fsp3) is 0.346. The first-order chi connectivity index (χ1) is 32.3. The standard InChI is InChI=1S/C52H54N8O6/c1-65-51(63)57-45(35-11-5-3-6-12-35)49(61)59-27-9-15-41(59)47-53-29-39(55-47)32-19-17-31(18-20-32)37-25-26-38(44-34-23-21-33(22-24-34)43(37)44)40-30-54-48(56-40)42-16-10-28-60(42)50(62)46(58-52(64)66-2)36-13-7-4-8-14-36/h3-8,11-14,17-20,25-26,29-30,33-34,41-42,45-46H,9-10,15-16,21-24,27-28H2,1-2H3,(H,53,55)(H,54,56)(H,57,63)(H,58,64)/t33?,34?,41-,42-,45-,46-/m0/s1. The van der Waals surface area contributed by atoms with Gasteiger partial charge in [-0.2, -0.15) is 0 Å². The molecule has 4 aromatic carbocycles. The molecule has 2 saturated heterocycles. The number of alkyl carbamates (subject to hydrolysis) is 2. The minimum atomic E-state index is -0.883. The highest BCUT2D eigenvalue weighted by atomic mass is 16.5. The lowest BCUT2D eigenvalue weighted by atomic mass is 9.64. The van der Waals surface area contributed by atoms with Crippen LogP contribution in [0.25, 0.3) is 33.6 Å². The first-order valence-corrected chi connectivity index (χ1v) is 23.1. The van der Waals surface area contributed by atoms with Gasteiger partial charge in [-0.1, -0.05) is 97.1 Å². The van der Waals surface area contributed by atoms with Gasteiger partial charge in [-0.15, -0.1) is 0 Å². The number of amides is 4. The number of methoxy groups -OCH3 is 2. The molecule has 338 valence electrons. The normalized spacial score (nSPS) is 20.6. The Bertz CT molecular complexity index is 2730. The van der Waals surface area contributed by atoms with E-state index in [1.54, 1.807) is 0 Å². The lowest BCUT2D eigenvalue weighted by molar-refractivity contribution is -0.135. The van der Waals surface area contributed by atoms with Gasteiger partial charge in [-0.25, -0.2) is 19.6 Å².